The van der Waals surface area contributed by atoms with E-state index in [4.69, 9.17) is 122 Å². The Kier molecular flexibility index (Phi) is 24.7. The second-order valence-electron chi connectivity index (χ2n) is 21.6. The van der Waals surface area contributed by atoms with Crippen LogP contribution in [0.3, 0.4) is 0 Å². The molecule has 0 atom stereocenters. The van der Waals surface area contributed by atoms with E-state index in [1.165, 1.54) is 36.4 Å². The number of alkyl halides is 3. The predicted octanol–water partition coefficient (Wildman–Crippen LogP) is 20.1. The van der Waals surface area contributed by atoms with Crippen molar-refractivity contribution in [2.24, 2.45) is 0 Å². The van der Waals surface area contributed by atoms with Crippen molar-refractivity contribution >= 4 is 160 Å². The SMILES string of the molecule is CC1(C)OB(c2cccc(-c3cccc(B4OC(C)(C)C(C)(C)O4)c3Cl)c2Cl)OC1(C)C.Cc1cccc(-c2cccc(OS(=O)(=O)C(F)(F)F)c2Cl)c1Cl.Oc1cccc(-c2cccc(O)c2Cl)c1Cl.Oc1cccc(Br)c1Cl.Oc1cccc(Br)c1Cl. The van der Waals surface area contributed by atoms with Gasteiger partial charge in [0, 0.05) is 63.3 Å². The number of phenolic OH excluding ortho intramolecular Hbond substituents is 4. The van der Waals surface area contributed by atoms with Gasteiger partial charge in [-0.2, -0.15) is 21.6 Å². The molecule has 4 N–H and O–H groups in total. The molecule has 0 radical (unpaired) electrons. The molecule has 0 bridgehead atoms. The van der Waals surface area contributed by atoms with Crippen LogP contribution in [0.2, 0.25) is 40.2 Å². The maximum atomic E-state index is 12.4. The maximum Gasteiger partial charge on any atom is 0.534 e. The molecule has 2 aliphatic heterocycles. The van der Waals surface area contributed by atoms with Crippen LogP contribution in [0.15, 0.2) is 155 Å². The van der Waals surface area contributed by atoms with E-state index in [0.717, 1.165) is 33.7 Å². The summed E-state index contributed by atoms with van der Waals surface area (Å²) in [6.07, 6.45) is 0. The number of aromatic hydroxyl groups is 4. The van der Waals surface area contributed by atoms with Gasteiger partial charge in [0.1, 0.15) is 23.0 Å². The van der Waals surface area contributed by atoms with E-state index in [2.05, 4.69) is 36.0 Å². The number of halogens is 13. The molecule has 27 heteroatoms. The molecule has 472 valence electrons. The fourth-order valence-electron chi connectivity index (χ4n) is 8.06. The highest BCUT2D eigenvalue weighted by Gasteiger charge is 2.54. The third-order valence-electron chi connectivity index (χ3n) is 14.4. The average molecular weight is 1530 g/mol. The molecule has 8 aromatic rings. The van der Waals surface area contributed by atoms with E-state index < -0.39 is 58.0 Å². The van der Waals surface area contributed by atoms with E-state index in [1.807, 2.05) is 91.8 Å². The second-order valence-corrected chi connectivity index (χ2v) is 27.8. The van der Waals surface area contributed by atoms with Crippen LogP contribution in [0.5, 0.6) is 28.7 Å². The summed E-state index contributed by atoms with van der Waals surface area (Å²) in [5.41, 5.74) is -1.58. The molecular formula is C62H55B2Br2Cl8F3O11S. The van der Waals surface area contributed by atoms with E-state index >= 15 is 0 Å². The first-order valence-corrected chi connectivity index (χ1v) is 32.3. The Balaban J connectivity index is 0.000000193. The van der Waals surface area contributed by atoms with E-state index in [9.17, 15) is 31.8 Å². The topological polar surface area (TPSA) is 161 Å². The summed E-state index contributed by atoms with van der Waals surface area (Å²) in [7, 11) is -6.92. The normalized spacial score (nSPS) is 15.3. The summed E-state index contributed by atoms with van der Waals surface area (Å²) >= 11 is 55.4. The lowest BCUT2D eigenvalue weighted by Crippen LogP contribution is -2.41. The molecule has 0 saturated carbocycles. The first-order chi connectivity index (χ1) is 41.3. The number of phenols is 4. The summed E-state index contributed by atoms with van der Waals surface area (Å²) in [5, 5.41) is 39.2. The van der Waals surface area contributed by atoms with E-state index in [0.29, 0.717) is 50.7 Å². The second kappa shape index (κ2) is 29.8. The number of rotatable bonds is 7. The Morgan fingerprint density at radius 2 is 0.674 bits per heavy atom. The molecule has 2 saturated heterocycles. The molecule has 10 rings (SSSR count). The van der Waals surface area contributed by atoms with Gasteiger partial charge in [0.05, 0.1) is 52.5 Å². The summed E-state index contributed by atoms with van der Waals surface area (Å²) in [4.78, 5) is 0. The zero-order valence-electron chi connectivity index (χ0n) is 48.5. The lowest BCUT2D eigenvalue weighted by atomic mass is 9.76. The van der Waals surface area contributed by atoms with Crippen LogP contribution in [-0.2, 0) is 28.7 Å². The molecule has 0 aromatic heterocycles. The Hall–Kier alpha value is -4.25. The van der Waals surface area contributed by atoms with Crippen molar-refractivity contribution in [2.75, 3.05) is 0 Å². The van der Waals surface area contributed by atoms with Crippen molar-refractivity contribution in [3.8, 4) is 62.1 Å². The highest BCUT2D eigenvalue weighted by molar-refractivity contribution is 9.10. The minimum atomic E-state index is -5.81. The zero-order chi connectivity index (χ0) is 66.5. The third-order valence-corrected chi connectivity index (χ3v) is 20.5. The molecule has 2 fully saturated rings. The van der Waals surface area contributed by atoms with Gasteiger partial charge >= 0.3 is 29.9 Å². The van der Waals surface area contributed by atoms with Crippen LogP contribution >= 0.6 is 125 Å². The lowest BCUT2D eigenvalue weighted by molar-refractivity contribution is -0.0500. The van der Waals surface area contributed by atoms with Gasteiger partial charge in [-0.3, -0.25) is 0 Å². The molecular weight excluding hydrogens is 1470 g/mol. The highest BCUT2D eigenvalue weighted by Crippen LogP contribution is 2.45. The maximum absolute atomic E-state index is 12.4. The quantitative estimate of drug-likeness (QED) is 0.0683. The van der Waals surface area contributed by atoms with E-state index in [-0.39, 0.29) is 43.6 Å². The van der Waals surface area contributed by atoms with Crippen molar-refractivity contribution < 1.29 is 64.8 Å². The molecule has 2 heterocycles. The molecule has 89 heavy (non-hydrogen) atoms. The number of aryl methyl sites for hydroxylation is 1. The van der Waals surface area contributed by atoms with Gasteiger partial charge in [0.15, 0.2) is 5.75 Å². The smallest absolute Gasteiger partial charge is 0.506 e. The van der Waals surface area contributed by atoms with Gasteiger partial charge in [0.25, 0.3) is 0 Å². The highest BCUT2D eigenvalue weighted by atomic mass is 79.9. The van der Waals surface area contributed by atoms with Crippen LogP contribution in [0.1, 0.15) is 61.0 Å². The Bertz CT molecular complexity index is 3750. The Labute approximate surface area is 572 Å². The van der Waals surface area contributed by atoms with Crippen LogP contribution in [0, 0.1) is 6.92 Å². The minimum absolute atomic E-state index is 0.0152. The zero-order valence-corrected chi connectivity index (χ0v) is 58.5. The average Bonchev–Trinajstić information content (AvgIpc) is 1.74. The van der Waals surface area contributed by atoms with Gasteiger partial charge in [-0.15, -0.1) is 0 Å². The van der Waals surface area contributed by atoms with Gasteiger partial charge in [0.2, 0.25) is 0 Å². The van der Waals surface area contributed by atoms with Crippen LogP contribution in [0.4, 0.5) is 13.2 Å². The van der Waals surface area contributed by atoms with Crippen molar-refractivity contribution in [3.05, 3.63) is 200 Å². The van der Waals surface area contributed by atoms with Crippen molar-refractivity contribution in [1.29, 1.82) is 0 Å². The molecule has 0 spiro atoms. The van der Waals surface area contributed by atoms with Gasteiger partial charge in [-0.05, 0) is 142 Å². The van der Waals surface area contributed by atoms with Gasteiger partial charge in [-0.25, -0.2) is 0 Å². The molecule has 0 amide bonds. The van der Waals surface area contributed by atoms with Crippen molar-refractivity contribution in [1.82, 2.24) is 0 Å². The van der Waals surface area contributed by atoms with Crippen molar-refractivity contribution in [2.45, 2.75) is 90.2 Å². The van der Waals surface area contributed by atoms with Crippen molar-refractivity contribution in [3.63, 3.8) is 0 Å². The largest absolute Gasteiger partial charge is 0.534 e. The first kappa shape index (κ1) is 73.8. The predicted molar refractivity (Wildman–Crippen MR) is 362 cm³/mol. The minimum Gasteiger partial charge on any atom is -0.506 e. The monoisotopic (exact) mass is 1520 g/mol. The van der Waals surface area contributed by atoms with Crippen LogP contribution < -0.4 is 15.1 Å². The Morgan fingerprint density at radius 3 is 1.00 bits per heavy atom. The first-order valence-electron chi connectivity index (χ1n) is 26.3. The third kappa shape index (κ3) is 17.3. The standard InChI is InChI=1S/C24H30B2Cl2O4.C14H9Cl2F3O3S.C12H8Cl2O2.2C6H4BrClO/c1-21(2)22(3,4)30-25(29-21)17-13-9-11-15(19(17)27)16-12-10-14-18(20(16)28)26-31-23(5,6)24(7,8)32-26;1-8-4-2-5-9(12(8)15)10-6-3-7-11(13(10)16)22-23(20,21)14(17,18)19;13-11-7(3-1-5-9(11)15)8-4-2-6-10(16)12(8)14;2*7-4-2-1-3-5(9)6(4)8/h9-14H,1-8H3;2-7H,1H3;1-6,15-16H;2*1-3,9H. The Morgan fingerprint density at radius 1 is 0.404 bits per heavy atom. The molecule has 0 unspecified atom stereocenters. The number of hydrogen-bond donors (Lipinski definition) is 4. The lowest BCUT2D eigenvalue weighted by Gasteiger charge is -2.32. The van der Waals surface area contributed by atoms with Gasteiger partial charge in [-0.1, -0.05) is 196 Å². The molecule has 0 aliphatic carbocycles. The summed E-state index contributed by atoms with van der Waals surface area (Å²) in [5.74, 6) is -0.451. The van der Waals surface area contributed by atoms with Crippen LogP contribution in [0.25, 0.3) is 33.4 Å². The number of hydrogen-bond acceptors (Lipinski definition) is 11. The fraction of sp³-hybridized carbons (Fsp3) is 0.226. The summed E-state index contributed by atoms with van der Waals surface area (Å²) < 4.78 is 89.9. The summed E-state index contributed by atoms with van der Waals surface area (Å²) in [6.45, 7) is 17.9. The molecule has 8 aromatic carbocycles. The molecule has 2 aliphatic rings. The fourth-order valence-corrected chi connectivity index (χ4v) is 11.1. The van der Waals surface area contributed by atoms with Crippen LogP contribution in [-0.4, -0.2) is 71.0 Å². The van der Waals surface area contributed by atoms with Gasteiger partial charge < -0.3 is 43.2 Å². The number of benzene rings is 8. The molecule has 11 nitrogen and oxygen atoms in total. The summed E-state index contributed by atoms with van der Waals surface area (Å²) in [6, 6.07) is 40.3. The van der Waals surface area contributed by atoms with E-state index in [1.54, 1.807) is 73.7 Å².